The van der Waals surface area contributed by atoms with Crippen LogP contribution in [0.15, 0.2) is 40.6 Å². The average Bonchev–Trinajstić information content (AvgIpc) is 2.69. The number of aliphatic imine (C=N–C) groups is 1. The molecule has 1 saturated carbocycles. The number of aliphatic hydroxyl groups excluding tert-OH is 1. The van der Waals surface area contributed by atoms with Crippen molar-refractivity contribution in [1.82, 2.24) is 0 Å². The summed E-state index contributed by atoms with van der Waals surface area (Å²) in [6, 6.07) is 7.95. The number of aliphatic hydroxyl groups is 1. The Balaban J connectivity index is 1.56. The lowest BCUT2D eigenvalue weighted by molar-refractivity contribution is -0.119. The number of anilines is 1. The average molecular weight is 368 g/mol. The molecule has 5 heteroatoms. The van der Waals surface area contributed by atoms with Crippen LogP contribution in [-0.2, 0) is 9.53 Å². The first-order valence-corrected chi connectivity index (χ1v) is 10.1. The number of hydrogen-bond acceptors (Lipinski definition) is 5. The zero-order valence-electron chi connectivity index (χ0n) is 15.8. The van der Waals surface area contributed by atoms with Crippen molar-refractivity contribution >= 4 is 23.4 Å². The van der Waals surface area contributed by atoms with Crippen molar-refractivity contribution < 1.29 is 14.6 Å². The SMILES string of the molecule is O=C1CC2(CCCCC2)CC(O)=C1C=Nc1ccccc1N1CCOCC1. The van der Waals surface area contributed by atoms with Crippen LogP contribution in [0.5, 0.6) is 0 Å². The summed E-state index contributed by atoms with van der Waals surface area (Å²) < 4.78 is 5.43. The minimum atomic E-state index is -0.0114. The van der Waals surface area contributed by atoms with Crippen molar-refractivity contribution in [3.63, 3.8) is 0 Å². The van der Waals surface area contributed by atoms with Crippen LogP contribution in [0.25, 0.3) is 0 Å². The molecule has 0 atom stereocenters. The lowest BCUT2D eigenvalue weighted by Crippen LogP contribution is -2.36. The number of benzene rings is 1. The molecule has 5 nitrogen and oxygen atoms in total. The molecule has 27 heavy (non-hydrogen) atoms. The summed E-state index contributed by atoms with van der Waals surface area (Å²) in [5, 5.41) is 10.6. The molecule has 1 aromatic rings. The van der Waals surface area contributed by atoms with Crippen LogP contribution in [0, 0.1) is 5.41 Å². The molecule has 2 aliphatic carbocycles. The monoisotopic (exact) mass is 368 g/mol. The van der Waals surface area contributed by atoms with Gasteiger partial charge in [-0.2, -0.15) is 0 Å². The van der Waals surface area contributed by atoms with Gasteiger partial charge in [-0.25, -0.2) is 0 Å². The molecular formula is C22H28N2O3. The fraction of sp³-hybridized carbons (Fsp3) is 0.545. The Morgan fingerprint density at radius 3 is 2.56 bits per heavy atom. The number of nitrogens with zero attached hydrogens (tertiary/aromatic N) is 2. The third-order valence-electron chi connectivity index (χ3n) is 6.17. The summed E-state index contributed by atoms with van der Waals surface area (Å²) in [7, 11) is 0. The van der Waals surface area contributed by atoms with Crippen LogP contribution < -0.4 is 4.90 Å². The van der Waals surface area contributed by atoms with Crippen molar-refractivity contribution in [3.8, 4) is 0 Å². The van der Waals surface area contributed by atoms with E-state index >= 15 is 0 Å². The van der Waals surface area contributed by atoms with Gasteiger partial charge in [-0.3, -0.25) is 9.79 Å². The van der Waals surface area contributed by atoms with Crippen molar-refractivity contribution in [3.05, 3.63) is 35.6 Å². The van der Waals surface area contributed by atoms with Gasteiger partial charge in [0.05, 0.1) is 30.2 Å². The van der Waals surface area contributed by atoms with Crippen molar-refractivity contribution in [1.29, 1.82) is 0 Å². The number of para-hydroxylation sites is 2. The second-order valence-corrected chi connectivity index (χ2v) is 8.04. The Hall–Kier alpha value is -2.14. The molecule has 1 aromatic carbocycles. The number of carbonyl (C=O) groups excluding carboxylic acids is 1. The molecule has 144 valence electrons. The van der Waals surface area contributed by atoms with Gasteiger partial charge in [-0.05, 0) is 30.4 Å². The van der Waals surface area contributed by atoms with E-state index in [-0.39, 0.29) is 17.0 Å². The van der Waals surface area contributed by atoms with Crippen LogP contribution in [0.1, 0.15) is 44.9 Å². The van der Waals surface area contributed by atoms with E-state index in [1.807, 2.05) is 24.3 Å². The number of hydrogen-bond donors (Lipinski definition) is 1. The van der Waals surface area contributed by atoms with Gasteiger partial charge in [0.15, 0.2) is 5.78 Å². The van der Waals surface area contributed by atoms with E-state index in [0.29, 0.717) is 31.6 Å². The van der Waals surface area contributed by atoms with Gasteiger partial charge in [0.1, 0.15) is 5.76 Å². The molecule has 0 radical (unpaired) electrons. The molecule has 4 rings (SSSR count). The first-order chi connectivity index (χ1) is 13.2. The Labute approximate surface area is 160 Å². The smallest absolute Gasteiger partial charge is 0.168 e. The molecule has 0 unspecified atom stereocenters. The number of carbonyl (C=O) groups is 1. The Morgan fingerprint density at radius 1 is 1.07 bits per heavy atom. The lowest BCUT2D eigenvalue weighted by Gasteiger charge is -2.39. The maximum atomic E-state index is 12.7. The van der Waals surface area contributed by atoms with E-state index in [4.69, 9.17) is 4.74 Å². The van der Waals surface area contributed by atoms with E-state index in [1.54, 1.807) is 6.21 Å². The summed E-state index contributed by atoms with van der Waals surface area (Å²) in [5.41, 5.74) is 2.25. The standard InChI is InChI=1S/C22H28N2O3/c25-20-14-22(8-4-1-5-9-22)15-21(26)17(20)16-23-18-6-2-3-7-19(18)24-10-12-27-13-11-24/h2-3,6-7,16,25H,1,4-5,8-15H2. The molecule has 3 aliphatic rings. The molecule has 1 N–H and O–H groups in total. The predicted octanol–water partition coefficient (Wildman–Crippen LogP) is 4.35. The molecule has 0 amide bonds. The summed E-state index contributed by atoms with van der Waals surface area (Å²) in [6.07, 6.45) is 8.41. The first-order valence-electron chi connectivity index (χ1n) is 10.1. The van der Waals surface area contributed by atoms with Gasteiger partial charge < -0.3 is 14.7 Å². The summed E-state index contributed by atoms with van der Waals surface area (Å²) >= 11 is 0. The molecule has 2 fully saturated rings. The van der Waals surface area contributed by atoms with Crippen molar-refractivity contribution in [2.45, 2.75) is 44.9 Å². The number of rotatable bonds is 3. The fourth-order valence-corrected chi connectivity index (χ4v) is 4.69. The summed E-state index contributed by atoms with van der Waals surface area (Å²) in [6.45, 7) is 3.10. The number of Topliss-reactive ketones (excluding diaryl/α,β-unsaturated/α-hetero) is 1. The zero-order valence-corrected chi connectivity index (χ0v) is 15.8. The van der Waals surface area contributed by atoms with E-state index in [1.165, 1.54) is 6.42 Å². The lowest BCUT2D eigenvalue weighted by atomic mass is 9.65. The highest BCUT2D eigenvalue weighted by molar-refractivity contribution is 6.15. The maximum absolute atomic E-state index is 12.7. The van der Waals surface area contributed by atoms with Crippen LogP contribution in [0.4, 0.5) is 11.4 Å². The highest BCUT2D eigenvalue weighted by Crippen LogP contribution is 2.47. The van der Waals surface area contributed by atoms with E-state index in [9.17, 15) is 9.90 Å². The summed E-state index contributed by atoms with van der Waals surface area (Å²) in [5.74, 6) is 0.258. The van der Waals surface area contributed by atoms with Crippen LogP contribution >= 0.6 is 0 Å². The maximum Gasteiger partial charge on any atom is 0.168 e. The van der Waals surface area contributed by atoms with E-state index < -0.39 is 0 Å². The largest absolute Gasteiger partial charge is 0.511 e. The number of morpholine rings is 1. The quantitative estimate of drug-likeness (QED) is 0.806. The molecule has 1 spiro atoms. The third kappa shape index (κ3) is 3.93. The van der Waals surface area contributed by atoms with Gasteiger partial charge in [-0.15, -0.1) is 0 Å². The normalized spacial score (nSPS) is 23.4. The van der Waals surface area contributed by atoms with E-state index in [0.717, 1.165) is 50.1 Å². The predicted molar refractivity (Wildman–Crippen MR) is 107 cm³/mol. The minimum Gasteiger partial charge on any atom is -0.511 e. The van der Waals surface area contributed by atoms with Gasteiger partial charge in [0.25, 0.3) is 0 Å². The second kappa shape index (κ2) is 7.85. The molecule has 0 bridgehead atoms. The van der Waals surface area contributed by atoms with Crippen LogP contribution in [0.3, 0.4) is 0 Å². The van der Waals surface area contributed by atoms with E-state index in [2.05, 4.69) is 9.89 Å². The number of allylic oxidation sites excluding steroid dienone is 2. The van der Waals surface area contributed by atoms with Crippen LogP contribution in [-0.4, -0.2) is 43.4 Å². The molecular weight excluding hydrogens is 340 g/mol. The van der Waals surface area contributed by atoms with Crippen molar-refractivity contribution in [2.24, 2.45) is 10.4 Å². The van der Waals surface area contributed by atoms with Gasteiger partial charge in [-0.1, -0.05) is 31.4 Å². The van der Waals surface area contributed by atoms with Crippen molar-refractivity contribution in [2.75, 3.05) is 31.2 Å². The zero-order chi connectivity index (χ0) is 18.7. The Bertz CT molecular complexity index is 757. The number of ether oxygens (including phenoxy) is 1. The molecule has 1 saturated heterocycles. The van der Waals surface area contributed by atoms with Gasteiger partial charge >= 0.3 is 0 Å². The highest BCUT2D eigenvalue weighted by atomic mass is 16.5. The van der Waals surface area contributed by atoms with Gasteiger partial charge in [0, 0.05) is 32.1 Å². The summed E-state index contributed by atoms with van der Waals surface area (Å²) in [4.78, 5) is 19.6. The molecule has 0 aromatic heterocycles. The minimum absolute atomic E-state index is 0.0114. The Kier molecular flexibility index (Phi) is 5.30. The highest BCUT2D eigenvalue weighted by Gasteiger charge is 2.40. The fourth-order valence-electron chi connectivity index (χ4n) is 4.69. The Morgan fingerprint density at radius 2 is 1.81 bits per heavy atom. The van der Waals surface area contributed by atoms with Gasteiger partial charge in [0.2, 0.25) is 0 Å². The third-order valence-corrected chi connectivity index (χ3v) is 6.17. The molecule has 1 aliphatic heterocycles. The molecule has 1 heterocycles. The second-order valence-electron chi connectivity index (χ2n) is 8.04. The first kappa shape index (κ1) is 18.2. The van der Waals surface area contributed by atoms with Crippen LogP contribution in [0.2, 0.25) is 0 Å². The topological polar surface area (TPSA) is 62.1 Å². The number of ketones is 1.